The van der Waals surface area contributed by atoms with Gasteiger partial charge in [0.25, 0.3) is 5.91 Å². The van der Waals surface area contributed by atoms with Gasteiger partial charge in [-0.3, -0.25) is 9.48 Å². The molecule has 0 fully saturated rings. The number of hydrogen-bond acceptors (Lipinski definition) is 4. The van der Waals surface area contributed by atoms with E-state index in [-0.39, 0.29) is 5.91 Å². The van der Waals surface area contributed by atoms with E-state index in [1.807, 2.05) is 33.0 Å². The SMILES string of the molecule is CCNC(=O)c1ccc(CN=C(NCC)NCC(C)(O)c2cnn(C)c2)cc1. The summed E-state index contributed by atoms with van der Waals surface area (Å²) in [6, 6.07) is 7.37. The first-order valence-corrected chi connectivity index (χ1v) is 9.46. The molecule has 8 heteroatoms. The molecule has 4 N–H and O–H groups in total. The van der Waals surface area contributed by atoms with Gasteiger partial charge in [-0.1, -0.05) is 12.1 Å². The number of aromatic nitrogens is 2. The second-order valence-corrected chi connectivity index (χ2v) is 6.78. The van der Waals surface area contributed by atoms with Gasteiger partial charge in [0.15, 0.2) is 5.96 Å². The summed E-state index contributed by atoms with van der Waals surface area (Å²) < 4.78 is 1.66. The molecule has 28 heavy (non-hydrogen) atoms. The van der Waals surface area contributed by atoms with Gasteiger partial charge >= 0.3 is 0 Å². The number of nitrogens with zero attached hydrogens (tertiary/aromatic N) is 3. The molecule has 1 heterocycles. The number of aryl methyl sites for hydroxylation is 1. The van der Waals surface area contributed by atoms with Crippen molar-refractivity contribution < 1.29 is 9.90 Å². The van der Waals surface area contributed by atoms with Crippen molar-refractivity contribution in [3.63, 3.8) is 0 Å². The number of aliphatic hydroxyl groups is 1. The third kappa shape index (κ3) is 6.09. The Balaban J connectivity index is 1.99. The molecule has 0 radical (unpaired) electrons. The van der Waals surface area contributed by atoms with Crippen molar-refractivity contribution in [2.75, 3.05) is 19.6 Å². The molecule has 152 valence electrons. The smallest absolute Gasteiger partial charge is 0.251 e. The lowest BCUT2D eigenvalue weighted by Crippen LogP contribution is -2.44. The Labute approximate surface area is 166 Å². The highest BCUT2D eigenvalue weighted by atomic mass is 16.3. The van der Waals surface area contributed by atoms with Crippen LogP contribution in [0, 0.1) is 0 Å². The summed E-state index contributed by atoms with van der Waals surface area (Å²) in [7, 11) is 1.82. The Morgan fingerprint density at radius 2 is 1.86 bits per heavy atom. The summed E-state index contributed by atoms with van der Waals surface area (Å²) >= 11 is 0. The van der Waals surface area contributed by atoms with Gasteiger partial charge in [-0.2, -0.15) is 5.10 Å². The first-order valence-electron chi connectivity index (χ1n) is 9.46. The van der Waals surface area contributed by atoms with Gasteiger partial charge < -0.3 is 21.1 Å². The molecule has 1 unspecified atom stereocenters. The summed E-state index contributed by atoms with van der Waals surface area (Å²) in [5, 5.41) is 23.9. The van der Waals surface area contributed by atoms with E-state index in [2.05, 4.69) is 26.0 Å². The normalized spacial score (nSPS) is 13.7. The number of carbonyl (C=O) groups is 1. The van der Waals surface area contributed by atoms with Crippen LogP contribution in [0.3, 0.4) is 0 Å². The van der Waals surface area contributed by atoms with Crippen LogP contribution in [0.25, 0.3) is 0 Å². The zero-order chi connectivity index (χ0) is 20.6. The Morgan fingerprint density at radius 3 is 2.43 bits per heavy atom. The Kier molecular flexibility index (Phi) is 7.57. The van der Waals surface area contributed by atoms with Gasteiger partial charge in [-0.15, -0.1) is 0 Å². The van der Waals surface area contributed by atoms with Crippen LogP contribution in [0.4, 0.5) is 0 Å². The fraction of sp³-hybridized carbons (Fsp3) is 0.450. The zero-order valence-corrected chi connectivity index (χ0v) is 17.0. The van der Waals surface area contributed by atoms with Gasteiger partial charge in [0.05, 0.1) is 19.3 Å². The van der Waals surface area contributed by atoms with Crippen LogP contribution >= 0.6 is 0 Å². The van der Waals surface area contributed by atoms with Crippen molar-refractivity contribution in [2.24, 2.45) is 12.0 Å². The van der Waals surface area contributed by atoms with Crippen molar-refractivity contribution in [2.45, 2.75) is 32.9 Å². The van der Waals surface area contributed by atoms with Crippen molar-refractivity contribution in [3.8, 4) is 0 Å². The molecule has 2 aromatic rings. The summed E-state index contributed by atoms with van der Waals surface area (Å²) in [5.74, 6) is 0.532. The van der Waals surface area contributed by atoms with Gasteiger partial charge in [-0.05, 0) is 38.5 Å². The number of carbonyl (C=O) groups excluding carboxylic acids is 1. The van der Waals surface area contributed by atoms with Crippen LogP contribution in [0.15, 0.2) is 41.7 Å². The Hall–Kier alpha value is -2.87. The lowest BCUT2D eigenvalue weighted by molar-refractivity contribution is 0.0616. The second-order valence-electron chi connectivity index (χ2n) is 6.78. The van der Waals surface area contributed by atoms with Crippen LogP contribution < -0.4 is 16.0 Å². The average molecular weight is 387 g/mol. The maximum absolute atomic E-state index is 11.8. The largest absolute Gasteiger partial charge is 0.383 e. The number of aliphatic imine (C=N–C) groups is 1. The number of guanidine groups is 1. The standard InChI is InChI=1S/C20H30N6O2/c1-5-21-18(27)16-9-7-15(8-10-16)11-23-19(22-6-2)24-14-20(3,28)17-12-25-26(4)13-17/h7-10,12-13,28H,5-6,11,14H2,1-4H3,(H,21,27)(H2,22,23,24). The minimum atomic E-state index is -1.07. The Morgan fingerprint density at radius 1 is 1.18 bits per heavy atom. The lowest BCUT2D eigenvalue weighted by Gasteiger charge is -2.23. The molecule has 0 bridgehead atoms. The van der Waals surface area contributed by atoms with Crippen LogP contribution in [0.1, 0.15) is 42.3 Å². The summed E-state index contributed by atoms with van der Waals surface area (Å²) in [6.45, 7) is 7.67. The topological polar surface area (TPSA) is 104 Å². The van der Waals surface area contributed by atoms with Crippen LogP contribution in [0.2, 0.25) is 0 Å². The first kappa shape index (κ1) is 21.4. The first-order chi connectivity index (χ1) is 13.4. The maximum atomic E-state index is 11.8. The number of hydrogen-bond donors (Lipinski definition) is 4. The van der Waals surface area contributed by atoms with E-state index in [4.69, 9.17) is 0 Å². The fourth-order valence-corrected chi connectivity index (χ4v) is 2.59. The van der Waals surface area contributed by atoms with E-state index in [0.717, 1.165) is 11.1 Å². The predicted octanol–water partition coefficient (Wildman–Crippen LogP) is 1.13. The highest BCUT2D eigenvalue weighted by Gasteiger charge is 2.24. The van der Waals surface area contributed by atoms with E-state index >= 15 is 0 Å². The van der Waals surface area contributed by atoms with E-state index in [1.54, 1.807) is 36.1 Å². The molecule has 0 saturated carbocycles. The molecule has 8 nitrogen and oxygen atoms in total. The molecular weight excluding hydrogens is 356 g/mol. The van der Waals surface area contributed by atoms with Gasteiger partial charge in [-0.25, -0.2) is 4.99 Å². The number of amides is 1. The highest BCUT2D eigenvalue weighted by molar-refractivity contribution is 5.94. The fourth-order valence-electron chi connectivity index (χ4n) is 2.59. The van der Waals surface area contributed by atoms with Crippen molar-refractivity contribution >= 4 is 11.9 Å². The van der Waals surface area contributed by atoms with E-state index in [9.17, 15) is 9.90 Å². The second kappa shape index (κ2) is 9.89. The number of rotatable bonds is 8. The monoisotopic (exact) mass is 386 g/mol. The minimum absolute atomic E-state index is 0.0785. The molecule has 1 aromatic carbocycles. The third-order valence-electron chi connectivity index (χ3n) is 4.24. The molecule has 0 aliphatic heterocycles. The Bertz CT molecular complexity index is 795. The molecule has 2 rings (SSSR count). The van der Waals surface area contributed by atoms with Crippen LogP contribution in [-0.4, -0.2) is 46.4 Å². The van der Waals surface area contributed by atoms with E-state index < -0.39 is 5.60 Å². The molecule has 0 saturated heterocycles. The molecular formula is C20H30N6O2. The quantitative estimate of drug-likeness (QED) is 0.402. The number of benzene rings is 1. The van der Waals surface area contributed by atoms with Gasteiger partial charge in [0.1, 0.15) is 5.60 Å². The van der Waals surface area contributed by atoms with Gasteiger partial charge in [0.2, 0.25) is 0 Å². The molecule has 0 aliphatic rings. The van der Waals surface area contributed by atoms with E-state index in [1.165, 1.54) is 0 Å². The summed E-state index contributed by atoms with van der Waals surface area (Å²) in [4.78, 5) is 16.4. The predicted molar refractivity (Wildman–Crippen MR) is 110 cm³/mol. The summed E-state index contributed by atoms with van der Waals surface area (Å²) in [5.41, 5.74) is 1.29. The zero-order valence-electron chi connectivity index (χ0n) is 17.0. The van der Waals surface area contributed by atoms with Gasteiger partial charge in [0, 0.05) is 37.5 Å². The average Bonchev–Trinajstić information content (AvgIpc) is 3.12. The lowest BCUT2D eigenvalue weighted by atomic mass is 10.00. The van der Waals surface area contributed by atoms with Crippen molar-refractivity contribution in [1.82, 2.24) is 25.7 Å². The maximum Gasteiger partial charge on any atom is 0.251 e. The van der Waals surface area contributed by atoms with Crippen molar-refractivity contribution in [3.05, 3.63) is 53.3 Å². The molecule has 1 aromatic heterocycles. The van der Waals surface area contributed by atoms with Crippen LogP contribution in [0.5, 0.6) is 0 Å². The summed E-state index contributed by atoms with van der Waals surface area (Å²) in [6.07, 6.45) is 3.45. The molecule has 0 spiro atoms. The molecule has 0 aliphatic carbocycles. The molecule has 1 amide bonds. The molecule has 1 atom stereocenters. The van der Waals surface area contributed by atoms with Crippen LogP contribution in [-0.2, 0) is 19.2 Å². The van der Waals surface area contributed by atoms with E-state index in [0.29, 0.717) is 37.7 Å². The number of nitrogens with one attached hydrogen (secondary N) is 3. The third-order valence-corrected chi connectivity index (χ3v) is 4.24. The minimum Gasteiger partial charge on any atom is -0.383 e. The highest BCUT2D eigenvalue weighted by Crippen LogP contribution is 2.18. The van der Waals surface area contributed by atoms with Crippen molar-refractivity contribution in [1.29, 1.82) is 0 Å².